The van der Waals surface area contributed by atoms with Gasteiger partial charge < -0.3 is 10.2 Å². The van der Waals surface area contributed by atoms with Crippen LogP contribution < -0.4 is 5.43 Å². The molecule has 0 fully saturated rings. The standard InChI is InChI=1S/C22H18N2O3S/c25-17-11-12-19(26)15(13-17)8-5-14-6-9-16(10-7-14)23-24-22-21(27)18-3-1-2-4-20(18)28-22/h1-4,6-7,9-13,23,25-26H,5,8H2. The molecule has 0 spiro atoms. The largest absolute Gasteiger partial charge is 0.508 e. The Bertz CT molecular complexity index is 1060. The highest BCUT2D eigenvalue weighted by Crippen LogP contribution is 2.33. The number of anilines is 1. The minimum absolute atomic E-state index is 0.0596. The van der Waals surface area contributed by atoms with Crippen molar-refractivity contribution in [1.29, 1.82) is 0 Å². The quantitative estimate of drug-likeness (QED) is 0.438. The molecule has 1 heterocycles. The van der Waals surface area contributed by atoms with Crippen LogP contribution in [0.5, 0.6) is 11.5 Å². The van der Waals surface area contributed by atoms with E-state index < -0.39 is 0 Å². The van der Waals surface area contributed by atoms with Crippen LogP contribution in [0.25, 0.3) is 0 Å². The SMILES string of the molecule is O=C1C(=NNc2ccc(CCc3cc(O)ccc3O)cc2)Sc2ccccc21. The second-order valence-electron chi connectivity index (χ2n) is 6.47. The van der Waals surface area contributed by atoms with E-state index >= 15 is 0 Å². The third-order valence-corrected chi connectivity index (χ3v) is 5.57. The molecule has 4 rings (SSSR count). The fraction of sp³-hybridized carbons (Fsp3) is 0.0909. The van der Waals surface area contributed by atoms with Crippen molar-refractivity contribution in [2.45, 2.75) is 17.7 Å². The first-order valence-corrected chi connectivity index (χ1v) is 9.67. The lowest BCUT2D eigenvalue weighted by molar-refractivity contribution is 0.106. The summed E-state index contributed by atoms with van der Waals surface area (Å²) in [5.41, 5.74) is 6.24. The number of fused-ring (bicyclic) bond motifs is 1. The van der Waals surface area contributed by atoms with Crippen LogP contribution in [-0.2, 0) is 12.8 Å². The van der Waals surface area contributed by atoms with Crippen LogP contribution in [0.15, 0.2) is 76.7 Å². The molecule has 1 aliphatic rings. The number of phenolic OH excluding ortho intramolecular Hbond substituents is 2. The van der Waals surface area contributed by atoms with Crippen LogP contribution in [-0.4, -0.2) is 21.0 Å². The van der Waals surface area contributed by atoms with Gasteiger partial charge in [0.05, 0.1) is 5.69 Å². The minimum Gasteiger partial charge on any atom is -0.508 e. The van der Waals surface area contributed by atoms with Gasteiger partial charge >= 0.3 is 0 Å². The van der Waals surface area contributed by atoms with Gasteiger partial charge in [0.2, 0.25) is 5.78 Å². The number of thioether (sulfide) groups is 1. The number of benzene rings is 3. The Morgan fingerprint density at radius 1 is 0.929 bits per heavy atom. The van der Waals surface area contributed by atoms with Crippen molar-refractivity contribution in [1.82, 2.24) is 0 Å². The molecule has 0 aromatic heterocycles. The molecule has 3 aromatic carbocycles. The maximum absolute atomic E-state index is 12.3. The number of phenols is 2. The van der Waals surface area contributed by atoms with Crippen molar-refractivity contribution in [2.24, 2.45) is 5.10 Å². The number of carbonyl (C=O) groups excluding carboxylic acids is 1. The summed E-state index contributed by atoms with van der Waals surface area (Å²) < 4.78 is 0. The summed E-state index contributed by atoms with van der Waals surface area (Å²) >= 11 is 1.37. The van der Waals surface area contributed by atoms with Crippen molar-refractivity contribution in [3.05, 3.63) is 83.4 Å². The van der Waals surface area contributed by atoms with Crippen LogP contribution in [0.1, 0.15) is 21.5 Å². The van der Waals surface area contributed by atoms with E-state index in [1.807, 2.05) is 48.5 Å². The smallest absolute Gasteiger partial charge is 0.221 e. The van der Waals surface area contributed by atoms with E-state index in [2.05, 4.69) is 10.5 Å². The first-order valence-electron chi connectivity index (χ1n) is 8.85. The third kappa shape index (κ3) is 3.87. The number of carbonyl (C=O) groups is 1. The molecule has 140 valence electrons. The third-order valence-electron chi connectivity index (χ3n) is 4.52. The van der Waals surface area contributed by atoms with Gasteiger partial charge in [-0.1, -0.05) is 36.0 Å². The van der Waals surface area contributed by atoms with E-state index in [0.29, 0.717) is 22.6 Å². The average molecular weight is 390 g/mol. The van der Waals surface area contributed by atoms with Crippen molar-refractivity contribution >= 4 is 28.3 Å². The van der Waals surface area contributed by atoms with Gasteiger partial charge in [0, 0.05) is 10.5 Å². The molecular formula is C22H18N2O3S. The molecule has 0 unspecified atom stereocenters. The molecule has 28 heavy (non-hydrogen) atoms. The van der Waals surface area contributed by atoms with Crippen molar-refractivity contribution < 1.29 is 15.0 Å². The molecule has 3 N–H and O–H groups in total. The number of Topliss-reactive ketones (excluding diaryl/α,β-unsaturated/α-hetero) is 1. The van der Waals surface area contributed by atoms with Gasteiger partial charge in [-0.3, -0.25) is 10.2 Å². The van der Waals surface area contributed by atoms with Gasteiger partial charge in [0.1, 0.15) is 11.5 Å². The number of nitrogens with one attached hydrogen (secondary N) is 1. The zero-order valence-corrected chi connectivity index (χ0v) is 15.7. The number of hydrazone groups is 1. The first-order chi connectivity index (χ1) is 13.6. The molecule has 5 nitrogen and oxygen atoms in total. The summed E-state index contributed by atoms with van der Waals surface area (Å²) in [4.78, 5) is 13.2. The van der Waals surface area contributed by atoms with E-state index in [9.17, 15) is 15.0 Å². The topological polar surface area (TPSA) is 81.9 Å². The maximum Gasteiger partial charge on any atom is 0.221 e. The lowest BCUT2D eigenvalue weighted by atomic mass is 10.0. The zero-order chi connectivity index (χ0) is 19.5. The van der Waals surface area contributed by atoms with Crippen LogP contribution in [0.2, 0.25) is 0 Å². The van der Waals surface area contributed by atoms with Gasteiger partial charge in [-0.15, -0.1) is 0 Å². The number of hydrogen-bond acceptors (Lipinski definition) is 6. The lowest BCUT2D eigenvalue weighted by Crippen LogP contribution is -2.06. The Morgan fingerprint density at radius 2 is 1.71 bits per heavy atom. The number of aryl methyl sites for hydroxylation is 2. The summed E-state index contributed by atoms with van der Waals surface area (Å²) in [5, 5.41) is 24.1. The summed E-state index contributed by atoms with van der Waals surface area (Å²) in [6, 6.07) is 19.8. The summed E-state index contributed by atoms with van der Waals surface area (Å²) in [6.45, 7) is 0. The van der Waals surface area contributed by atoms with E-state index in [-0.39, 0.29) is 17.3 Å². The Hall–Kier alpha value is -3.25. The second-order valence-corrected chi connectivity index (χ2v) is 7.50. The van der Waals surface area contributed by atoms with Gasteiger partial charge in [0.25, 0.3) is 0 Å². The molecule has 1 aliphatic heterocycles. The molecule has 0 saturated carbocycles. The average Bonchev–Trinajstić information content (AvgIpc) is 3.04. The summed E-state index contributed by atoms with van der Waals surface area (Å²) in [5.74, 6) is 0.273. The summed E-state index contributed by atoms with van der Waals surface area (Å²) in [7, 11) is 0. The normalized spacial score (nSPS) is 14.3. The molecule has 0 aliphatic carbocycles. The predicted molar refractivity (Wildman–Crippen MR) is 111 cm³/mol. The van der Waals surface area contributed by atoms with Crippen molar-refractivity contribution in [3.8, 4) is 11.5 Å². The van der Waals surface area contributed by atoms with E-state index in [1.165, 1.54) is 23.9 Å². The Balaban J connectivity index is 1.38. The Labute approximate surface area is 166 Å². The Kier molecular flexibility index (Phi) is 5.04. The van der Waals surface area contributed by atoms with Crippen LogP contribution in [0.4, 0.5) is 5.69 Å². The number of rotatable bonds is 5. The number of ketones is 1. The highest BCUT2D eigenvalue weighted by molar-refractivity contribution is 8.16. The van der Waals surface area contributed by atoms with Gasteiger partial charge in [-0.2, -0.15) is 5.10 Å². The lowest BCUT2D eigenvalue weighted by Gasteiger charge is -2.07. The van der Waals surface area contributed by atoms with Gasteiger partial charge in [0.15, 0.2) is 5.04 Å². The number of nitrogens with zero attached hydrogens (tertiary/aromatic N) is 1. The first kappa shape index (κ1) is 18.1. The zero-order valence-electron chi connectivity index (χ0n) is 14.9. The Morgan fingerprint density at radius 3 is 2.50 bits per heavy atom. The molecule has 0 saturated heterocycles. The highest BCUT2D eigenvalue weighted by atomic mass is 32.2. The number of aromatic hydroxyl groups is 2. The molecular weight excluding hydrogens is 372 g/mol. The fourth-order valence-electron chi connectivity index (χ4n) is 2.99. The maximum atomic E-state index is 12.3. The predicted octanol–water partition coefficient (Wildman–Crippen LogP) is 4.60. The van der Waals surface area contributed by atoms with Gasteiger partial charge in [-0.25, -0.2) is 0 Å². The highest BCUT2D eigenvalue weighted by Gasteiger charge is 2.27. The fourth-order valence-corrected chi connectivity index (χ4v) is 3.91. The van der Waals surface area contributed by atoms with Crippen molar-refractivity contribution in [3.63, 3.8) is 0 Å². The van der Waals surface area contributed by atoms with E-state index in [0.717, 1.165) is 22.6 Å². The van der Waals surface area contributed by atoms with E-state index in [1.54, 1.807) is 6.07 Å². The summed E-state index contributed by atoms with van der Waals surface area (Å²) in [6.07, 6.45) is 1.36. The van der Waals surface area contributed by atoms with Crippen LogP contribution in [0, 0.1) is 0 Å². The van der Waals surface area contributed by atoms with Gasteiger partial charge in [-0.05, 0) is 66.4 Å². The molecule has 0 radical (unpaired) electrons. The van der Waals surface area contributed by atoms with E-state index in [4.69, 9.17) is 0 Å². The van der Waals surface area contributed by atoms with Crippen LogP contribution in [0.3, 0.4) is 0 Å². The molecule has 0 bridgehead atoms. The van der Waals surface area contributed by atoms with Crippen molar-refractivity contribution in [2.75, 3.05) is 5.43 Å². The molecule has 0 amide bonds. The molecule has 3 aromatic rings. The second kappa shape index (κ2) is 7.78. The molecule has 6 heteroatoms. The monoisotopic (exact) mass is 390 g/mol. The number of hydrogen-bond donors (Lipinski definition) is 3. The minimum atomic E-state index is -0.0596. The van der Waals surface area contributed by atoms with Crippen LogP contribution >= 0.6 is 11.8 Å². The molecule has 0 atom stereocenters.